The Kier molecular flexibility index (Phi) is 6.61. The predicted molar refractivity (Wildman–Crippen MR) is 141 cm³/mol. The summed E-state index contributed by atoms with van der Waals surface area (Å²) in [5.41, 5.74) is 6.27. The van der Waals surface area contributed by atoms with E-state index in [1.54, 1.807) is 0 Å². The van der Waals surface area contributed by atoms with Gasteiger partial charge in [-0.15, -0.1) is 0 Å². The minimum absolute atomic E-state index is 0.272. The van der Waals surface area contributed by atoms with Gasteiger partial charge in [0.15, 0.2) is 0 Å². The molecule has 0 atom stereocenters. The number of thiocarbonyl (C=S) groups is 1. The zero-order valence-electron chi connectivity index (χ0n) is 18.7. The fourth-order valence-corrected chi connectivity index (χ4v) is 5.01. The molecule has 0 amide bonds. The molecule has 0 saturated carbocycles. The lowest BCUT2D eigenvalue weighted by Crippen LogP contribution is -2.49. The number of rotatable bonds is 5. The molecule has 1 fully saturated rings. The number of nitrogens with zero attached hydrogens (tertiary/aromatic N) is 2. The summed E-state index contributed by atoms with van der Waals surface area (Å²) >= 11 is 5.90. The van der Waals surface area contributed by atoms with Crippen molar-refractivity contribution in [2.45, 2.75) is 6.04 Å². The molecule has 4 aromatic carbocycles. The summed E-state index contributed by atoms with van der Waals surface area (Å²) in [5.74, 6) is 0. The van der Waals surface area contributed by atoms with Crippen LogP contribution in [0.3, 0.4) is 0 Å². The highest BCUT2D eigenvalue weighted by atomic mass is 32.1. The molecule has 1 aliphatic rings. The van der Waals surface area contributed by atoms with E-state index in [0.29, 0.717) is 0 Å². The van der Waals surface area contributed by atoms with Crippen LogP contribution in [0, 0.1) is 0 Å². The Hall–Kier alpha value is -3.27. The van der Waals surface area contributed by atoms with Crippen molar-refractivity contribution in [3.8, 4) is 11.1 Å². The van der Waals surface area contributed by atoms with E-state index < -0.39 is 0 Å². The zero-order chi connectivity index (χ0) is 22.5. The van der Waals surface area contributed by atoms with Gasteiger partial charge in [0.1, 0.15) is 4.99 Å². The molecule has 4 aromatic rings. The van der Waals surface area contributed by atoms with Crippen LogP contribution in [-0.4, -0.2) is 41.0 Å². The average molecular weight is 449 g/mol. The lowest BCUT2D eigenvalue weighted by molar-refractivity contribution is 0.152. The van der Waals surface area contributed by atoms with Gasteiger partial charge >= 0.3 is 0 Å². The quantitative estimate of drug-likeness (QED) is 0.325. The number of piperazine rings is 1. The number of hydrogen-bond acceptors (Lipinski definition) is 2. The molecule has 0 spiro atoms. The van der Waals surface area contributed by atoms with Crippen LogP contribution in [0.1, 0.15) is 22.7 Å². The molecule has 0 bridgehead atoms. The van der Waals surface area contributed by atoms with Gasteiger partial charge in [-0.2, -0.15) is 0 Å². The van der Waals surface area contributed by atoms with Crippen molar-refractivity contribution in [1.29, 1.82) is 0 Å². The van der Waals surface area contributed by atoms with Crippen LogP contribution in [0.5, 0.6) is 0 Å². The Morgan fingerprint density at radius 2 is 1.00 bits per heavy atom. The van der Waals surface area contributed by atoms with Gasteiger partial charge in [-0.1, -0.05) is 127 Å². The summed E-state index contributed by atoms with van der Waals surface area (Å²) in [5, 5.41) is 0. The van der Waals surface area contributed by atoms with Crippen molar-refractivity contribution in [1.82, 2.24) is 9.80 Å². The summed E-state index contributed by atoms with van der Waals surface area (Å²) in [6.45, 7) is 3.85. The van der Waals surface area contributed by atoms with E-state index in [1.165, 1.54) is 22.3 Å². The Bertz CT molecular complexity index is 1130. The fraction of sp³-hybridized carbons (Fsp3) is 0.167. The predicted octanol–water partition coefficient (Wildman–Crippen LogP) is 6.44. The van der Waals surface area contributed by atoms with Crippen LogP contribution in [-0.2, 0) is 0 Å². The second kappa shape index (κ2) is 10.1. The first-order valence-electron chi connectivity index (χ1n) is 11.6. The molecule has 0 aliphatic carbocycles. The van der Waals surface area contributed by atoms with E-state index in [1.807, 2.05) is 6.07 Å². The maximum Gasteiger partial charge on any atom is 0.109 e. The van der Waals surface area contributed by atoms with Crippen LogP contribution >= 0.6 is 12.2 Å². The summed E-state index contributed by atoms with van der Waals surface area (Å²) in [6.07, 6.45) is 0. The van der Waals surface area contributed by atoms with Gasteiger partial charge in [-0.3, -0.25) is 4.90 Å². The smallest absolute Gasteiger partial charge is 0.109 e. The molecule has 1 heterocycles. The largest absolute Gasteiger partial charge is 0.360 e. The molecule has 1 saturated heterocycles. The van der Waals surface area contributed by atoms with Crippen LogP contribution in [0.25, 0.3) is 11.1 Å². The minimum atomic E-state index is 0.272. The van der Waals surface area contributed by atoms with Crippen molar-refractivity contribution in [3.05, 3.63) is 132 Å². The number of benzene rings is 4. The van der Waals surface area contributed by atoms with E-state index in [-0.39, 0.29) is 6.04 Å². The zero-order valence-corrected chi connectivity index (χ0v) is 19.5. The van der Waals surface area contributed by atoms with E-state index in [9.17, 15) is 0 Å². The van der Waals surface area contributed by atoms with Crippen LogP contribution in [0.2, 0.25) is 0 Å². The second-order valence-electron chi connectivity index (χ2n) is 8.50. The molecule has 0 radical (unpaired) electrons. The molecule has 0 aromatic heterocycles. The summed E-state index contributed by atoms with van der Waals surface area (Å²) < 4.78 is 0. The first-order chi connectivity index (χ1) is 16.3. The molecule has 3 heteroatoms. The topological polar surface area (TPSA) is 6.48 Å². The third-order valence-corrected chi connectivity index (χ3v) is 6.93. The van der Waals surface area contributed by atoms with E-state index >= 15 is 0 Å². The maximum atomic E-state index is 5.90. The van der Waals surface area contributed by atoms with E-state index in [2.05, 4.69) is 119 Å². The first-order valence-corrected chi connectivity index (χ1v) is 12.0. The normalized spacial score (nSPS) is 14.4. The second-order valence-corrected chi connectivity index (χ2v) is 8.88. The van der Waals surface area contributed by atoms with Gasteiger partial charge in [0, 0.05) is 31.7 Å². The Morgan fingerprint density at radius 3 is 1.52 bits per heavy atom. The molecule has 5 rings (SSSR count). The standard InChI is InChI=1S/C30H28N2S/c33-30(28-18-16-25(17-19-28)24-10-4-1-5-11-24)32-22-20-31(21-23-32)29(26-12-6-2-7-13-26)27-14-8-3-9-15-27/h1-19,29H,20-23H2. The molecule has 164 valence electrons. The maximum absolute atomic E-state index is 5.90. The highest BCUT2D eigenvalue weighted by Gasteiger charge is 2.27. The van der Waals surface area contributed by atoms with Gasteiger partial charge in [0.2, 0.25) is 0 Å². The van der Waals surface area contributed by atoms with Gasteiger partial charge < -0.3 is 4.90 Å². The van der Waals surface area contributed by atoms with Crippen molar-refractivity contribution in [2.24, 2.45) is 0 Å². The third kappa shape index (κ3) is 4.90. The summed E-state index contributed by atoms with van der Waals surface area (Å²) in [6, 6.07) is 41.1. The summed E-state index contributed by atoms with van der Waals surface area (Å²) in [7, 11) is 0. The van der Waals surface area contributed by atoms with E-state index in [4.69, 9.17) is 12.2 Å². The highest BCUT2D eigenvalue weighted by molar-refractivity contribution is 7.80. The lowest BCUT2D eigenvalue weighted by atomic mass is 9.96. The van der Waals surface area contributed by atoms with Crippen LogP contribution in [0.4, 0.5) is 0 Å². The molecule has 1 aliphatic heterocycles. The van der Waals surface area contributed by atoms with Crippen LogP contribution < -0.4 is 0 Å². The molecule has 0 N–H and O–H groups in total. The van der Waals surface area contributed by atoms with E-state index in [0.717, 1.165) is 36.7 Å². The van der Waals surface area contributed by atoms with Crippen molar-refractivity contribution >= 4 is 17.2 Å². The molecular formula is C30H28N2S. The van der Waals surface area contributed by atoms with Gasteiger partial charge in [-0.05, 0) is 22.3 Å². The van der Waals surface area contributed by atoms with Crippen molar-refractivity contribution in [2.75, 3.05) is 26.2 Å². The fourth-order valence-electron chi connectivity index (χ4n) is 4.69. The molecule has 0 unspecified atom stereocenters. The molecular weight excluding hydrogens is 420 g/mol. The summed E-state index contributed by atoms with van der Waals surface area (Å²) in [4.78, 5) is 5.89. The lowest BCUT2D eigenvalue weighted by Gasteiger charge is -2.40. The SMILES string of the molecule is S=C(c1ccc(-c2ccccc2)cc1)N1CCN(C(c2ccccc2)c2ccccc2)CC1. The minimum Gasteiger partial charge on any atom is -0.360 e. The first kappa shape index (κ1) is 21.6. The Morgan fingerprint density at radius 1 is 0.545 bits per heavy atom. The Labute approximate surface area is 202 Å². The van der Waals surface area contributed by atoms with Crippen molar-refractivity contribution in [3.63, 3.8) is 0 Å². The third-order valence-electron chi connectivity index (χ3n) is 6.44. The van der Waals surface area contributed by atoms with Gasteiger partial charge in [0.25, 0.3) is 0 Å². The molecule has 33 heavy (non-hydrogen) atoms. The number of hydrogen-bond donors (Lipinski definition) is 0. The van der Waals surface area contributed by atoms with Crippen molar-refractivity contribution < 1.29 is 0 Å². The molecule has 2 nitrogen and oxygen atoms in total. The Balaban J connectivity index is 1.28. The van der Waals surface area contributed by atoms with Gasteiger partial charge in [-0.25, -0.2) is 0 Å². The highest BCUT2D eigenvalue weighted by Crippen LogP contribution is 2.30. The van der Waals surface area contributed by atoms with Gasteiger partial charge in [0.05, 0.1) is 6.04 Å². The van der Waals surface area contributed by atoms with Crippen LogP contribution in [0.15, 0.2) is 115 Å². The monoisotopic (exact) mass is 448 g/mol. The average Bonchev–Trinajstić information content (AvgIpc) is 2.91.